The molecule has 0 radical (unpaired) electrons. The van der Waals surface area contributed by atoms with Gasteiger partial charge in [-0.3, -0.25) is 14.2 Å². The Balaban J connectivity index is 2.33. The zero-order chi connectivity index (χ0) is 20.7. The van der Waals surface area contributed by atoms with E-state index in [0.29, 0.717) is 6.07 Å². The monoisotopic (exact) mass is 395 g/mol. The van der Waals surface area contributed by atoms with Crippen LogP contribution in [0.15, 0.2) is 24.3 Å². The Hall–Kier alpha value is -3.36. The smallest absolute Gasteiger partial charge is 0.310 e. The van der Waals surface area contributed by atoms with Gasteiger partial charge in [-0.1, -0.05) is 0 Å². The molecule has 0 fully saturated rings. The molecule has 1 aromatic heterocycles. The maximum atomic E-state index is 14.6. The van der Waals surface area contributed by atoms with Crippen molar-refractivity contribution in [3.63, 3.8) is 0 Å². The summed E-state index contributed by atoms with van der Waals surface area (Å²) >= 11 is 0. The molecule has 28 heavy (non-hydrogen) atoms. The van der Waals surface area contributed by atoms with Gasteiger partial charge >= 0.3 is 5.97 Å². The molecule has 3 aromatic rings. The average molecular weight is 395 g/mol. The highest BCUT2D eigenvalue weighted by atomic mass is 19.2. The van der Waals surface area contributed by atoms with Crippen LogP contribution >= 0.6 is 0 Å². The Labute approximate surface area is 155 Å². The molecule has 0 aliphatic carbocycles. The van der Waals surface area contributed by atoms with E-state index in [1.54, 1.807) is 0 Å². The molecule has 0 atom stereocenters. The number of carbonyl (C=O) groups excluding carboxylic acids is 2. The number of ether oxygens (including phenoxy) is 1. The summed E-state index contributed by atoms with van der Waals surface area (Å²) in [6, 6.07) is 3.13. The molecular formula is C19H13F4NO4. The number of carbonyl (C=O) groups is 2. The van der Waals surface area contributed by atoms with Gasteiger partial charge in [-0.05, 0) is 30.7 Å². The SMILES string of the molecule is COC(=O)Cc1c(C)n(C(=O)c2ccc(F)c(F)c2)c2cc(F)c(O)c(F)c12. The third-order valence-electron chi connectivity index (χ3n) is 4.41. The quantitative estimate of drug-likeness (QED) is 0.543. The van der Waals surface area contributed by atoms with E-state index in [-0.39, 0.29) is 27.7 Å². The number of benzene rings is 2. The summed E-state index contributed by atoms with van der Waals surface area (Å²) in [4.78, 5) is 24.6. The lowest BCUT2D eigenvalue weighted by Crippen LogP contribution is -2.15. The molecule has 0 saturated heterocycles. The largest absolute Gasteiger partial charge is 0.503 e. The van der Waals surface area contributed by atoms with Gasteiger partial charge < -0.3 is 9.84 Å². The van der Waals surface area contributed by atoms with E-state index >= 15 is 0 Å². The maximum absolute atomic E-state index is 14.6. The fourth-order valence-corrected chi connectivity index (χ4v) is 3.01. The van der Waals surface area contributed by atoms with E-state index in [2.05, 4.69) is 4.74 Å². The minimum atomic E-state index is -1.35. The van der Waals surface area contributed by atoms with Gasteiger partial charge in [0.2, 0.25) is 0 Å². The predicted molar refractivity (Wildman–Crippen MR) is 90.1 cm³/mol. The number of rotatable bonds is 3. The third-order valence-corrected chi connectivity index (χ3v) is 4.41. The molecule has 146 valence electrons. The number of aromatic hydroxyl groups is 1. The van der Waals surface area contributed by atoms with Crippen LogP contribution in [0.2, 0.25) is 0 Å². The van der Waals surface area contributed by atoms with E-state index in [1.807, 2.05) is 0 Å². The highest BCUT2D eigenvalue weighted by molar-refractivity contribution is 6.05. The van der Waals surface area contributed by atoms with Crippen LogP contribution in [0.1, 0.15) is 21.6 Å². The molecule has 0 saturated carbocycles. The fraction of sp³-hybridized carbons (Fsp3) is 0.158. The van der Waals surface area contributed by atoms with Crippen molar-refractivity contribution >= 4 is 22.8 Å². The molecule has 0 amide bonds. The second-order valence-electron chi connectivity index (χ2n) is 6.00. The Morgan fingerprint density at radius 3 is 2.36 bits per heavy atom. The number of hydrogen-bond acceptors (Lipinski definition) is 4. The first-order valence-electron chi connectivity index (χ1n) is 7.94. The number of aromatic nitrogens is 1. The minimum absolute atomic E-state index is 0.00872. The van der Waals surface area contributed by atoms with Gasteiger partial charge in [0.1, 0.15) is 0 Å². The fourth-order valence-electron chi connectivity index (χ4n) is 3.01. The molecule has 0 spiro atoms. The number of fused-ring (bicyclic) bond motifs is 1. The van der Waals surface area contributed by atoms with Crippen LogP contribution in [0.5, 0.6) is 5.75 Å². The zero-order valence-electron chi connectivity index (χ0n) is 14.6. The molecule has 1 heterocycles. The van der Waals surface area contributed by atoms with Crippen molar-refractivity contribution in [1.29, 1.82) is 0 Å². The second-order valence-corrected chi connectivity index (χ2v) is 6.00. The Morgan fingerprint density at radius 2 is 1.75 bits per heavy atom. The van der Waals surface area contributed by atoms with Gasteiger partial charge in [-0.15, -0.1) is 0 Å². The van der Waals surface area contributed by atoms with Crippen LogP contribution in [0.4, 0.5) is 17.6 Å². The van der Waals surface area contributed by atoms with E-state index in [0.717, 1.165) is 29.9 Å². The minimum Gasteiger partial charge on any atom is -0.503 e. The number of phenols is 1. The predicted octanol–water partition coefficient (Wildman–Crippen LogP) is 3.62. The molecule has 0 unspecified atom stereocenters. The number of phenolic OH excluding ortho intramolecular Hbond substituents is 1. The normalized spacial score (nSPS) is 11.1. The molecular weight excluding hydrogens is 382 g/mol. The summed E-state index contributed by atoms with van der Waals surface area (Å²) < 4.78 is 60.6. The number of methoxy groups -OCH3 is 1. The average Bonchev–Trinajstić information content (AvgIpc) is 2.92. The van der Waals surface area contributed by atoms with Crippen LogP contribution in [-0.4, -0.2) is 28.7 Å². The molecule has 1 N–H and O–H groups in total. The summed E-state index contributed by atoms with van der Waals surface area (Å²) in [5.41, 5.74) is -0.513. The topological polar surface area (TPSA) is 68.5 Å². The maximum Gasteiger partial charge on any atom is 0.310 e. The van der Waals surface area contributed by atoms with Crippen molar-refractivity contribution in [2.45, 2.75) is 13.3 Å². The molecule has 0 aliphatic rings. The van der Waals surface area contributed by atoms with Crippen LogP contribution in [-0.2, 0) is 16.0 Å². The highest BCUT2D eigenvalue weighted by Gasteiger charge is 2.27. The van der Waals surface area contributed by atoms with Crippen molar-refractivity contribution in [2.24, 2.45) is 0 Å². The van der Waals surface area contributed by atoms with Crippen LogP contribution in [0, 0.1) is 30.2 Å². The van der Waals surface area contributed by atoms with Gasteiger partial charge in [0, 0.05) is 22.7 Å². The zero-order valence-corrected chi connectivity index (χ0v) is 14.6. The molecule has 0 bridgehead atoms. The first-order valence-corrected chi connectivity index (χ1v) is 7.94. The van der Waals surface area contributed by atoms with Crippen LogP contribution in [0.25, 0.3) is 10.9 Å². The molecule has 0 aliphatic heterocycles. The van der Waals surface area contributed by atoms with Crippen molar-refractivity contribution in [3.05, 3.63) is 64.4 Å². The van der Waals surface area contributed by atoms with Crippen molar-refractivity contribution < 1.29 is 37.0 Å². The van der Waals surface area contributed by atoms with Gasteiger partial charge in [0.15, 0.2) is 29.0 Å². The van der Waals surface area contributed by atoms with Crippen LogP contribution < -0.4 is 0 Å². The van der Waals surface area contributed by atoms with Gasteiger partial charge in [0.05, 0.1) is 19.0 Å². The molecule has 5 nitrogen and oxygen atoms in total. The summed E-state index contributed by atoms with van der Waals surface area (Å²) in [7, 11) is 1.11. The van der Waals surface area contributed by atoms with Crippen LogP contribution in [0.3, 0.4) is 0 Å². The number of halogens is 4. The van der Waals surface area contributed by atoms with Gasteiger partial charge in [-0.25, -0.2) is 17.6 Å². The number of esters is 1. The van der Waals surface area contributed by atoms with Crippen molar-refractivity contribution in [3.8, 4) is 5.75 Å². The van der Waals surface area contributed by atoms with Gasteiger partial charge in [0.25, 0.3) is 5.91 Å². The first-order chi connectivity index (χ1) is 13.2. The van der Waals surface area contributed by atoms with E-state index in [9.17, 15) is 32.3 Å². The number of hydrogen-bond donors (Lipinski definition) is 1. The summed E-state index contributed by atoms with van der Waals surface area (Å²) in [5, 5.41) is 9.24. The summed E-state index contributed by atoms with van der Waals surface area (Å²) in [6.07, 6.45) is -0.459. The lowest BCUT2D eigenvalue weighted by atomic mass is 10.1. The Bertz CT molecular complexity index is 1140. The molecule has 9 heteroatoms. The number of nitrogens with zero attached hydrogens (tertiary/aromatic N) is 1. The Kier molecular flexibility index (Phi) is 4.84. The lowest BCUT2D eigenvalue weighted by molar-refractivity contribution is -0.139. The molecule has 3 rings (SSSR count). The van der Waals surface area contributed by atoms with Gasteiger partial charge in [-0.2, -0.15) is 0 Å². The lowest BCUT2D eigenvalue weighted by Gasteiger charge is -2.08. The summed E-state index contributed by atoms with van der Waals surface area (Å²) in [5.74, 6) is -8.05. The van der Waals surface area contributed by atoms with Crippen molar-refractivity contribution in [1.82, 2.24) is 4.57 Å². The standard InChI is InChI=1S/C19H13F4NO4/c1-8-10(6-15(25)28-2)16-14(7-13(22)18(26)17(16)23)24(8)19(27)9-3-4-11(20)12(21)5-9/h3-5,7,26H,6H2,1-2H3. The van der Waals surface area contributed by atoms with E-state index < -0.39 is 47.3 Å². The summed E-state index contributed by atoms with van der Waals surface area (Å²) in [6.45, 7) is 1.37. The second kappa shape index (κ2) is 6.99. The molecule has 2 aromatic carbocycles. The van der Waals surface area contributed by atoms with E-state index in [4.69, 9.17) is 0 Å². The first kappa shape index (κ1) is 19.4. The van der Waals surface area contributed by atoms with E-state index in [1.165, 1.54) is 6.92 Å². The third kappa shape index (κ3) is 2.98. The van der Waals surface area contributed by atoms with Crippen molar-refractivity contribution in [2.75, 3.05) is 7.11 Å². The Morgan fingerprint density at radius 1 is 1.07 bits per heavy atom. The highest BCUT2D eigenvalue weighted by Crippen LogP contribution is 2.35.